The number of rotatable bonds is 8. The molecule has 0 aliphatic carbocycles. The molecular weight excluding hydrogens is 542 g/mol. The number of ether oxygens (including phenoxy) is 1. The van der Waals surface area contributed by atoms with Crippen LogP contribution in [-0.4, -0.2) is 42.2 Å². The maximum atomic E-state index is 13.6. The van der Waals surface area contributed by atoms with Gasteiger partial charge in [0.15, 0.2) is 0 Å². The Morgan fingerprint density at radius 1 is 1.00 bits per heavy atom. The fourth-order valence-corrected chi connectivity index (χ4v) is 4.77. The molecule has 7 nitrogen and oxygen atoms in total. The van der Waals surface area contributed by atoms with Crippen LogP contribution >= 0.6 is 0 Å². The standard InChI is InChI=1S/C30H29F4N3O4/c1-18(2)37-25-9-5-3-7-19(25)13-16-23(29(37)40)35-28(39)24(36-27(38)20-11-14-22(31)15-12-20)17-21-8-4-6-10-26(21)41-30(32,33)34/h3-12,14-15,18,23-24H,13,16-17H2,1-2H3,(H,35,39)(H,36,38). The predicted molar refractivity (Wildman–Crippen MR) is 144 cm³/mol. The lowest BCUT2D eigenvalue weighted by Gasteiger charge is -2.30. The molecule has 3 amide bonds. The molecular formula is C30H29F4N3O4. The number of halogens is 4. The number of para-hydroxylation sites is 2. The molecule has 0 radical (unpaired) electrons. The quantitative estimate of drug-likeness (QED) is 0.375. The van der Waals surface area contributed by atoms with Crippen molar-refractivity contribution in [2.24, 2.45) is 0 Å². The molecule has 0 saturated carbocycles. The zero-order valence-corrected chi connectivity index (χ0v) is 22.4. The first kappa shape index (κ1) is 29.6. The van der Waals surface area contributed by atoms with Gasteiger partial charge in [0, 0.05) is 23.7 Å². The first-order valence-corrected chi connectivity index (χ1v) is 13.0. The third kappa shape index (κ3) is 7.41. The second-order valence-corrected chi connectivity index (χ2v) is 9.92. The van der Waals surface area contributed by atoms with Crippen LogP contribution < -0.4 is 20.3 Å². The number of nitrogens with zero attached hydrogens (tertiary/aromatic N) is 1. The minimum atomic E-state index is -4.98. The Morgan fingerprint density at radius 2 is 1.66 bits per heavy atom. The number of aryl methyl sites for hydroxylation is 1. The fraction of sp³-hybridized carbons (Fsp3) is 0.300. The van der Waals surface area contributed by atoms with E-state index < -0.39 is 41.8 Å². The van der Waals surface area contributed by atoms with E-state index in [1.54, 1.807) is 4.90 Å². The van der Waals surface area contributed by atoms with Gasteiger partial charge >= 0.3 is 6.36 Å². The van der Waals surface area contributed by atoms with Crippen LogP contribution in [0.15, 0.2) is 72.8 Å². The summed E-state index contributed by atoms with van der Waals surface area (Å²) < 4.78 is 56.6. The molecule has 1 aliphatic rings. The second-order valence-electron chi connectivity index (χ2n) is 9.92. The summed E-state index contributed by atoms with van der Waals surface area (Å²) in [5.41, 5.74) is 1.72. The van der Waals surface area contributed by atoms with Gasteiger partial charge in [-0.2, -0.15) is 0 Å². The topological polar surface area (TPSA) is 87.7 Å². The van der Waals surface area contributed by atoms with Crippen molar-refractivity contribution in [3.63, 3.8) is 0 Å². The van der Waals surface area contributed by atoms with Crippen LogP contribution in [-0.2, 0) is 22.4 Å². The highest BCUT2D eigenvalue weighted by Crippen LogP contribution is 2.30. The van der Waals surface area contributed by atoms with Crippen molar-refractivity contribution in [1.29, 1.82) is 0 Å². The van der Waals surface area contributed by atoms with Gasteiger partial charge in [-0.15, -0.1) is 13.2 Å². The first-order chi connectivity index (χ1) is 19.4. The van der Waals surface area contributed by atoms with Crippen LogP contribution in [0.4, 0.5) is 23.2 Å². The molecule has 11 heteroatoms. The number of alkyl halides is 3. The van der Waals surface area contributed by atoms with E-state index in [9.17, 15) is 31.9 Å². The Balaban J connectivity index is 1.62. The summed E-state index contributed by atoms with van der Waals surface area (Å²) in [4.78, 5) is 41.8. The SMILES string of the molecule is CC(C)N1C(=O)C(NC(=O)C(Cc2ccccc2OC(F)(F)F)NC(=O)c2ccc(F)cc2)CCc2ccccc21. The molecule has 3 aromatic rings. The van der Waals surface area contributed by atoms with Gasteiger partial charge in [-0.1, -0.05) is 36.4 Å². The summed E-state index contributed by atoms with van der Waals surface area (Å²) in [6.07, 6.45) is -4.59. The van der Waals surface area contributed by atoms with Gasteiger partial charge in [-0.25, -0.2) is 4.39 Å². The average Bonchev–Trinajstić information content (AvgIpc) is 3.05. The van der Waals surface area contributed by atoms with Crippen molar-refractivity contribution in [2.45, 2.75) is 57.6 Å². The molecule has 216 valence electrons. The van der Waals surface area contributed by atoms with E-state index >= 15 is 0 Å². The van der Waals surface area contributed by atoms with Gasteiger partial charge < -0.3 is 20.3 Å². The molecule has 41 heavy (non-hydrogen) atoms. The summed E-state index contributed by atoms with van der Waals surface area (Å²) in [5.74, 6) is -2.96. The maximum Gasteiger partial charge on any atom is 0.573 e. The van der Waals surface area contributed by atoms with E-state index in [1.807, 2.05) is 38.1 Å². The minimum absolute atomic E-state index is 0.00721. The highest BCUT2D eigenvalue weighted by atomic mass is 19.4. The fourth-order valence-electron chi connectivity index (χ4n) is 4.77. The van der Waals surface area contributed by atoms with Gasteiger partial charge in [0.2, 0.25) is 11.8 Å². The summed E-state index contributed by atoms with van der Waals surface area (Å²) in [6.45, 7) is 3.70. The number of hydrogen-bond donors (Lipinski definition) is 2. The van der Waals surface area contributed by atoms with Crippen LogP contribution in [0.25, 0.3) is 0 Å². The smallest absolute Gasteiger partial charge is 0.406 e. The number of fused-ring (bicyclic) bond motifs is 1. The lowest BCUT2D eigenvalue weighted by molar-refractivity contribution is -0.274. The van der Waals surface area contributed by atoms with Crippen LogP contribution in [0.2, 0.25) is 0 Å². The Bertz CT molecular complexity index is 1410. The number of hydrogen-bond acceptors (Lipinski definition) is 4. The first-order valence-electron chi connectivity index (χ1n) is 13.0. The number of benzene rings is 3. The van der Waals surface area contributed by atoms with Crippen LogP contribution in [0.3, 0.4) is 0 Å². The highest BCUT2D eigenvalue weighted by Gasteiger charge is 2.36. The van der Waals surface area contributed by atoms with Crippen LogP contribution in [0, 0.1) is 5.82 Å². The molecule has 2 unspecified atom stereocenters. The normalized spacial score (nSPS) is 16.0. The Kier molecular flexibility index (Phi) is 8.95. The van der Waals surface area contributed by atoms with E-state index in [-0.39, 0.29) is 35.9 Å². The zero-order chi connectivity index (χ0) is 29.7. The molecule has 1 heterocycles. The van der Waals surface area contributed by atoms with E-state index in [0.29, 0.717) is 6.42 Å². The summed E-state index contributed by atoms with van der Waals surface area (Å²) >= 11 is 0. The molecule has 0 aromatic heterocycles. The van der Waals surface area contributed by atoms with Crippen molar-refractivity contribution in [3.8, 4) is 5.75 Å². The number of carbonyl (C=O) groups is 3. The number of carbonyl (C=O) groups excluding carboxylic acids is 3. The van der Waals surface area contributed by atoms with Crippen LogP contribution in [0.1, 0.15) is 41.8 Å². The highest BCUT2D eigenvalue weighted by molar-refractivity contribution is 6.02. The Morgan fingerprint density at radius 3 is 2.34 bits per heavy atom. The summed E-state index contributed by atoms with van der Waals surface area (Å²) in [7, 11) is 0. The van der Waals surface area contributed by atoms with Crippen molar-refractivity contribution < 1.29 is 36.7 Å². The number of nitrogens with one attached hydrogen (secondary N) is 2. The lowest BCUT2D eigenvalue weighted by atomic mass is 10.0. The van der Waals surface area contributed by atoms with Crippen molar-refractivity contribution >= 4 is 23.4 Å². The maximum absolute atomic E-state index is 13.6. The number of anilines is 1. The van der Waals surface area contributed by atoms with Gasteiger partial charge in [0.1, 0.15) is 23.7 Å². The van der Waals surface area contributed by atoms with Crippen molar-refractivity contribution in [1.82, 2.24) is 10.6 Å². The predicted octanol–water partition coefficient (Wildman–Crippen LogP) is 4.94. The molecule has 0 saturated heterocycles. The third-order valence-electron chi connectivity index (χ3n) is 6.67. The molecule has 0 spiro atoms. The molecule has 1 aliphatic heterocycles. The van der Waals surface area contributed by atoms with Crippen LogP contribution in [0.5, 0.6) is 5.75 Å². The molecule has 2 N–H and O–H groups in total. The monoisotopic (exact) mass is 571 g/mol. The Hall–Kier alpha value is -4.41. The second kappa shape index (κ2) is 12.4. The molecule has 4 rings (SSSR count). The number of amides is 3. The zero-order valence-electron chi connectivity index (χ0n) is 22.4. The molecule has 2 atom stereocenters. The summed E-state index contributed by atoms with van der Waals surface area (Å²) in [6, 6.07) is 14.7. The minimum Gasteiger partial charge on any atom is -0.406 e. The van der Waals surface area contributed by atoms with Crippen molar-refractivity contribution in [3.05, 3.63) is 95.3 Å². The Labute approximate surface area is 234 Å². The van der Waals surface area contributed by atoms with Gasteiger partial charge in [0.05, 0.1) is 0 Å². The van der Waals surface area contributed by atoms with E-state index in [2.05, 4.69) is 15.4 Å². The lowest BCUT2D eigenvalue weighted by Crippen LogP contribution is -2.55. The van der Waals surface area contributed by atoms with E-state index in [0.717, 1.165) is 29.4 Å². The summed E-state index contributed by atoms with van der Waals surface area (Å²) in [5, 5.41) is 5.24. The van der Waals surface area contributed by atoms with Gasteiger partial charge in [0.25, 0.3) is 5.91 Å². The van der Waals surface area contributed by atoms with Gasteiger partial charge in [-0.05, 0) is 74.2 Å². The van der Waals surface area contributed by atoms with E-state index in [4.69, 9.17) is 0 Å². The third-order valence-corrected chi connectivity index (χ3v) is 6.67. The molecule has 3 aromatic carbocycles. The van der Waals surface area contributed by atoms with Crippen molar-refractivity contribution in [2.75, 3.05) is 4.90 Å². The van der Waals surface area contributed by atoms with E-state index in [1.165, 1.54) is 30.3 Å². The molecule has 0 bridgehead atoms. The average molecular weight is 572 g/mol. The largest absolute Gasteiger partial charge is 0.573 e. The van der Waals surface area contributed by atoms with Gasteiger partial charge in [-0.3, -0.25) is 14.4 Å². The molecule has 0 fully saturated rings.